The minimum atomic E-state index is 0.551. The number of nitrogens with zero attached hydrogens (tertiary/aromatic N) is 4. The lowest BCUT2D eigenvalue weighted by Gasteiger charge is -2.01. The fraction of sp³-hybridized carbons (Fsp3) is 0.267. The Balaban J connectivity index is 1.49. The highest BCUT2D eigenvalue weighted by Crippen LogP contribution is 2.15. The average Bonchev–Trinajstić information content (AvgIpc) is 3.14. The van der Waals surface area contributed by atoms with Crippen molar-refractivity contribution in [3.8, 4) is 11.5 Å². The summed E-state index contributed by atoms with van der Waals surface area (Å²) < 4.78 is 7.16. The van der Waals surface area contributed by atoms with E-state index >= 15 is 0 Å². The molecule has 0 saturated heterocycles. The standard InChI is InChI=1S/C15H17N5O/c1-12-9-17-20(11-12)8-7-16-10-14-18-15(21-19-14)13-5-3-2-4-6-13/h2-6,9,11,16H,7-8,10H2,1H3. The summed E-state index contributed by atoms with van der Waals surface area (Å²) in [5.41, 5.74) is 2.10. The van der Waals surface area contributed by atoms with E-state index in [9.17, 15) is 0 Å². The van der Waals surface area contributed by atoms with Gasteiger partial charge in [0.2, 0.25) is 0 Å². The van der Waals surface area contributed by atoms with Crippen molar-refractivity contribution in [1.82, 2.24) is 25.2 Å². The van der Waals surface area contributed by atoms with Crippen LogP contribution in [0.15, 0.2) is 47.2 Å². The van der Waals surface area contributed by atoms with Crippen LogP contribution in [0.25, 0.3) is 11.5 Å². The van der Waals surface area contributed by atoms with Gasteiger partial charge in [-0.1, -0.05) is 23.4 Å². The van der Waals surface area contributed by atoms with E-state index in [0.717, 1.165) is 18.7 Å². The molecular weight excluding hydrogens is 266 g/mol. The number of benzene rings is 1. The van der Waals surface area contributed by atoms with Crippen LogP contribution < -0.4 is 5.32 Å². The normalized spacial score (nSPS) is 10.9. The molecule has 0 unspecified atom stereocenters. The molecule has 6 heteroatoms. The molecule has 6 nitrogen and oxygen atoms in total. The summed E-state index contributed by atoms with van der Waals surface area (Å²) in [7, 11) is 0. The smallest absolute Gasteiger partial charge is 0.257 e. The van der Waals surface area contributed by atoms with Crippen molar-refractivity contribution in [1.29, 1.82) is 0 Å². The zero-order valence-electron chi connectivity index (χ0n) is 11.9. The lowest BCUT2D eigenvalue weighted by molar-refractivity contribution is 0.418. The van der Waals surface area contributed by atoms with Gasteiger partial charge in [0.15, 0.2) is 5.82 Å². The predicted molar refractivity (Wildman–Crippen MR) is 78.4 cm³/mol. The summed E-state index contributed by atoms with van der Waals surface area (Å²) in [6.45, 7) is 4.23. The average molecular weight is 283 g/mol. The molecule has 108 valence electrons. The first-order valence-corrected chi connectivity index (χ1v) is 6.89. The molecule has 3 aromatic rings. The molecule has 0 radical (unpaired) electrons. The molecular formula is C15H17N5O. The number of rotatable bonds is 6. The molecule has 2 heterocycles. The molecule has 0 fully saturated rings. The Morgan fingerprint density at radius 3 is 2.86 bits per heavy atom. The van der Waals surface area contributed by atoms with E-state index in [1.165, 1.54) is 5.56 Å². The summed E-state index contributed by atoms with van der Waals surface area (Å²) in [6.07, 6.45) is 3.87. The van der Waals surface area contributed by atoms with Gasteiger partial charge in [-0.25, -0.2) is 0 Å². The molecule has 1 aromatic carbocycles. The first-order valence-electron chi connectivity index (χ1n) is 6.89. The number of aryl methyl sites for hydroxylation is 1. The van der Waals surface area contributed by atoms with Crippen molar-refractivity contribution in [2.45, 2.75) is 20.0 Å². The summed E-state index contributed by atoms with van der Waals surface area (Å²) >= 11 is 0. The van der Waals surface area contributed by atoms with Gasteiger partial charge in [0.05, 0.1) is 19.3 Å². The second kappa shape index (κ2) is 6.32. The highest BCUT2D eigenvalue weighted by atomic mass is 16.5. The van der Waals surface area contributed by atoms with Crippen LogP contribution in [0.1, 0.15) is 11.4 Å². The van der Waals surface area contributed by atoms with Crippen LogP contribution in [0.5, 0.6) is 0 Å². The van der Waals surface area contributed by atoms with Gasteiger partial charge in [-0.2, -0.15) is 10.1 Å². The minimum Gasteiger partial charge on any atom is -0.334 e. The molecule has 0 amide bonds. The van der Waals surface area contributed by atoms with Crippen molar-refractivity contribution in [3.63, 3.8) is 0 Å². The van der Waals surface area contributed by atoms with Crippen LogP contribution >= 0.6 is 0 Å². The van der Waals surface area contributed by atoms with Gasteiger partial charge in [-0.15, -0.1) is 0 Å². The van der Waals surface area contributed by atoms with E-state index in [4.69, 9.17) is 4.52 Å². The van der Waals surface area contributed by atoms with E-state index < -0.39 is 0 Å². The zero-order valence-corrected chi connectivity index (χ0v) is 11.9. The molecule has 0 bridgehead atoms. The Kier molecular flexibility index (Phi) is 4.07. The molecule has 3 rings (SSSR count). The molecule has 0 aliphatic carbocycles. The fourth-order valence-electron chi connectivity index (χ4n) is 2.01. The zero-order chi connectivity index (χ0) is 14.5. The van der Waals surface area contributed by atoms with Gasteiger partial charge in [0, 0.05) is 18.3 Å². The van der Waals surface area contributed by atoms with E-state index in [0.29, 0.717) is 18.3 Å². The first kappa shape index (κ1) is 13.5. The van der Waals surface area contributed by atoms with Gasteiger partial charge in [0.25, 0.3) is 5.89 Å². The van der Waals surface area contributed by atoms with Crippen LogP contribution in [-0.2, 0) is 13.1 Å². The Morgan fingerprint density at radius 1 is 1.24 bits per heavy atom. The Hall–Kier alpha value is -2.47. The lowest BCUT2D eigenvalue weighted by Crippen LogP contribution is -2.20. The Bertz CT molecular complexity index is 689. The van der Waals surface area contributed by atoms with Gasteiger partial charge < -0.3 is 9.84 Å². The third-order valence-corrected chi connectivity index (χ3v) is 3.05. The maximum atomic E-state index is 5.25. The molecule has 2 aromatic heterocycles. The van der Waals surface area contributed by atoms with E-state index in [1.54, 1.807) is 0 Å². The highest BCUT2D eigenvalue weighted by molar-refractivity contribution is 5.51. The SMILES string of the molecule is Cc1cnn(CCNCc2noc(-c3ccccc3)n2)c1. The molecule has 21 heavy (non-hydrogen) atoms. The Morgan fingerprint density at radius 2 is 2.10 bits per heavy atom. The van der Waals surface area contributed by atoms with Crippen LogP contribution in [0.3, 0.4) is 0 Å². The second-order valence-corrected chi connectivity index (χ2v) is 4.84. The molecule has 0 atom stereocenters. The van der Waals surface area contributed by atoms with Crippen LogP contribution in [0.4, 0.5) is 0 Å². The van der Waals surface area contributed by atoms with E-state index in [2.05, 4.69) is 20.6 Å². The van der Waals surface area contributed by atoms with Crippen LogP contribution in [0.2, 0.25) is 0 Å². The quantitative estimate of drug-likeness (QED) is 0.701. The first-order chi connectivity index (χ1) is 10.3. The summed E-state index contributed by atoms with van der Waals surface area (Å²) in [4.78, 5) is 4.37. The molecule has 0 aliphatic rings. The van der Waals surface area contributed by atoms with Crippen molar-refractivity contribution in [3.05, 3.63) is 54.1 Å². The van der Waals surface area contributed by atoms with Gasteiger partial charge in [0.1, 0.15) is 0 Å². The summed E-state index contributed by atoms with van der Waals surface area (Å²) in [5.74, 6) is 1.21. The van der Waals surface area contributed by atoms with Crippen molar-refractivity contribution in [2.75, 3.05) is 6.54 Å². The monoisotopic (exact) mass is 283 g/mol. The summed E-state index contributed by atoms with van der Waals surface area (Å²) in [6, 6.07) is 9.75. The van der Waals surface area contributed by atoms with Crippen LogP contribution in [0, 0.1) is 6.92 Å². The maximum absolute atomic E-state index is 5.25. The largest absolute Gasteiger partial charge is 0.334 e. The van der Waals surface area contributed by atoms with E-state index in [1.807, 2.05) is 54.3 Å². The van der Waals surface area contributed by atoms with Gasteiger partial charge in [-0.05, 0) is 24.6 Å². The molecule has 0 spiro atoms. The van der Waals surface area contributed by atoms with Crippen molar-refractivity contribution < 1.29 is 4.52 Å². The molecule has 0 aliphatic heterocycles. The van der Waals surface area contributed by atoms with Crippen LogP contribution in [-0.4, -0.2) is 26.5 Å². The summed E-state index contributed by atoms with van der Waals surface area (Å²) in [5, 5.41) is 11.5. The van der Waals surface area contributed by atoms with Gasteiger partial charge >= 0.3 is 0 Å². The van der Waals surface area contributed by atoms with E-state index in [-0.39, 0.29) is 0 Å². The Labute approximate surface area is 122 Å². The highest BCUT2D eigenvalue weighted by Gasteiger charge is 2.07. The minimum absolute atomic E-state index is 0.551. The van der Waals surface area contributed by atoms with Crippen molar-refractivity contribution in [2.24, 2.45) is 0 Å². The van der Waals surface area contributed by atoms with Gasteiger partial charge in [-0.3, -0.25) is 4.68 Å². The predicted octanol–water partition coefficient (Wildman–Crippen LogP) is 2.03. The number of hydrogen-bond acceptors (Lipinski definition) is 5. The van der Waals surface area contributed by atoms with Crippen molar-refractivity contribution >= 4 is 0 Å². The third-order valence-electron chi connectivity index (χ3n) is 3.05. The number of hydrogen-bond donors (Lipinski definition) is 1. The number of nitrogens with one attached hydrogen (secondary N) is 1. The third kappa shape index (κ3) is 3.55. The lowest BCUT2D eigenvalue weighted by atomic mass is 10.2. The fourth-order valence-corrected chi connectivity index (χ4v) is 2.01. The molecule has 0 saturated carbocycles. The topological polar surface area (TPSA) is 68.8 Å². The number of aromatic nitrogens is 4. The maximum Gasteiger partial charge on any atom is 0.257 e. The second-order valence-electron chi connectivity index (χ2n) is 4.84. The molecule has 1 N–H and O–H groups in total.